The van der Waals surface area contributed by atoms with Crippen LogP contribution in [0.5, 0.6) is 0 Å². The van der Waals surface area contributed by atoms with Gasteiger partial charge in [-0.15, -0.1) is 0 Å². The van der Waals surface area contributed by atoms with Crippen LogP contribution in [-0.2, 0) is 16.8 Å². The average Bonchev–Trinajstić information content (AvgIpc) is 2.93. The molecule has 2 rings (SSSR count). The van der Waals surface area contributed by atoms with Gasteiger partial charge in [0.1, 0.15) is 11.2 Å². The van der Waals surface area contributed by atoms with Gasteiger partial charge in [-0.25, -0.2) is 4.79 Å². The summed E-state index contributed by atoms with van der Waals surface area (Å²) in [5.74, 6) is 0.601. The summed E-state index contributed by atoms with van der Waals surface area (Å²) in [4.78, 5) is 16.7. The Kier molecular flexibility index (Phi) is 7.16. The first-order valence-electron chi connectivity index (χ1n) is 10.3. The molecule has 1 aromatic carbocycles. The highest BCUT2D eigenvalue weighted by Gasteiger charge is 2.36. The van der Waals surface area contributed by atoms with Crippen molar-refractivity contribution in [3.05, 3.63) is 35.4 Å². The van der Waals surface area contributed by atoms with Crippen molar-refractivity contribution in [2.45, 2.75) is 71.1 Å². The molecular formula is C22H36N4O3. The van der Waals surface area contributed by atoms with E-state index >= 15 is 0 Å². The summed E-state index contributed by atoms with van der Waals surface area (Å²) < 4.78 is 5.33. The van der Waals surface area contributed by atoms with Crippen LogP contribution in [0.3, 0.4) is 0 Å². The predicted molar refractivity (Wildman–Crippen MR) is 116 cm³/mol. The molecule has 0 radical (unpaired) electrons. The number of carbonyl (C=O) groups is 1. The summed E-state index contributed by atoms with van der Waals surface area (Å²) >= 11 is 0. The van der Waals surface area contributed by atoms with Crippen LogP contribution in [0.2, 0.25) is 0 Å². The van der Waals surface area contributed by atoms with Gasteiger partial charge in [0.25, 0.3) is 0 Å². The van der Waals surface area contributed by atoms with Crippen LogP contribution in [0.1, 0.15) is 59.1 Å². The van der Waals surface area contributed by atoms with E-state index in [-0.39, 0.29) is 0 Å². The van der Waals surface area contributed by atoms with Crippen molar-refractivity contribution in [3.63, 3.8) is 0 Å². The number of rotatable bonds is 6. The number of nitrogens with zero attached hydrogens (tertiary/aromatic N) is 1. The second-order valence-corrected chi connectivity index (χ2v) is 9.25. The van der Waals surface area contributed by atoms with Gasteiger partial charge in [-0.1, -0.05) is 24.3 Å². The van der Waals surface area contributed by atoms with E-state index in [0.717, 1.165) is 12.0 Å². The van der Waals surface area contributed by atoms with E-state index in [0.29, 0.717) is 32.0 Å². The fourth-order valence-corrected chi connectivity index (χ4v) is 3.32. The fourth-order valence-electron chi connectivity index (χ4n) is 3.32. The highest BCUT2D eigenvalue weighted by Crippen LogP contribution is 2.36. The SMILES string of the molecule is CCNC(=NCC(C)(C)NC(=O)OC(C)(C)C)NCC1(O)CCc2ccccc21. The molecule has 162 valence electrons. The zero-order valence-electron chi connectivity index (χ0n) is 18.6. The van der Waals surface area contributed by atoms with E-state index < -0.39 is 22.8 Å². The lowest BCUT2D eigenvalue weighted by Crippen LogP contribution is -2.49. The Morgan fingerprint density at radius 2 is 1.90 bits per heavy atom. The number of guanidine groups is 1. The van der Waals surface area contributed by atoms with Crippen LogP contribution >= 0.6 is 0 Å². The lowest BCUT2D eigenvalue weighted by molar-refractivity contribution is 0.0432. The van der Waals surface area contributed by atoms with Crippen LogP contribution in [0.25, 0.3) is 0 Å². The Bertz CT molecular complexity index is 740. The van der Waals surface area contributed by atoms with Gasteiger partial charge in [0.05, 0.1) is 18.6 Å². The molecule has 0 fully saturated rings. The first kappa shape index (κ1) is 23.0. The highest BCUT2D eigenvalue weighted by atomic mass is 16.6. The van der Waals surface area contributed by atoms with Crippen molar-refractivity contribution < 1.29 is 14.6 Å². The molecule has 1 unspecified atom stereocenters. The van der Waals surface area contributed by atoms with E-state index in [2.05, 4.69) is 27.0 Å². The number of hydrogen-bond acceptors (Lipinski definition) is 4. The summed E-state index contributed by atoms with van der Waals surface area (Å²) in [6.45, 7) is 12.7. The molecule has 1 amide bonds. The number of carbonyl (C=O) groups excluding carboxylic acids is 1. The van der Waals surface area contributed by atoms with Crippen LogP contribution in [0.15, 0.2) is 29.3 Å². The fraction of sp³-hybridized carbons (Fsp3) is 0.636. The van der Waals surface area contributed by atoms with E-state index in [1.165, 1.54) is 5.56 Å². The summed E-state index contributed by atoms with van der Waals surface area (Å²) in [5.41, 5.74) is 0.141. The number of nitrogens with one attached hydrogen (secondary N) is 3. The van der Waals surface area contributed by atoms with Crippen LogP contribution in [0, 0.1) is 0 Å². The molecule has 1 atom stereocenters. The monoisotopic (exact) mass is 404 g/mol. The molecule has 0 heterocycles. The number of benzene rings is 1. The Hall–Kier alpha value is -2.28. The average molecular weight is 405 g/mol. The predicted octanol–water partition coefficient (Wildman–Crippen LogP) is 2.68. The normalized spacial score (nSPS) is 19.5. The van der Waals surface area contributed by atoms with Crippen molar-refractivity contribution in [2.75, 3.05) is 19.6 Å². The molecule has 0 saturated carbocycles. The maximum Gasteiger partial charge on any atom is 0.408 e. The number of hydrogen-bond donors (Lipinski definition) is 4. The standard InChI is InChI=1S/C22H36N4O3/c1-7-23-18(24-14-21(5,6)26-19(27)29-20(2,3)4)25-15-22(28)13-12-16-10-8-9-11-17(16)22/h8-11,28H,7,12-15H2,1-6H3,(H,26,27)(H2,23,24,25). The molecule has 1 aromatic rings. The van der Waals surface area contributed by atoms with Gasteiger partial charge in [0.2, 0.25) is 0 Å². The molecule has 1 aliphatic rings. The van der Waals surface area contributed by atoms with Gasteiger partial charge in [-0.05, 0) is 65.5 Å². The highest BCUT2D eigenvalue weighted by molar-refractivity contribution is 5.80. The first-order valence-corrected chi connectivity index (χ1v) is 10.3. The summed E-state index contributed by atoms with van der Waals surface area (Å²) in [7, 11) is 0. The number of amides is 1. The van der Waals surface area contributed by atoms with Crippen LogP contribution in [0.4, 0.5) is 4.79 Å². The molecule has 0 aliphatic heterocycles. The quantitative estimate of drug-likeness (QED) is 0.432. The Balaban J connectivity index is 1.98. The van der Waals surface area contributed by atoms with Gasteiger partial charge < -0.3 is 25.8 Å². The molecule has 7 heteroatoms. The molecule has 29 heavy (non-hydrogen) atoms. The summed E-state index contributed by atoms with van der Waals surface area (Å²) in [6, 6.07) is 8.02. The van der Waals surface area contributed by atoms with E-state index in [1.54, 1.807) is 0 Å². The van der Waals surface area contributed by atoms with E-state index in [4.69, 9.17) is 4.74 Å². The van der Waals surface area contributed by atoms with Gasteiger partial charge in [-0.2, -0.15) is 0 Å². The number of alkyl carbamates (subject to hydrolysis) is 1. The Morgan fingerprint density at radius 3 is 2.55 bits per heavy atom. The van der Waals surface area contributed by atoms with Crippen molar-refractivity contribution in [1.29, 1.82) is 0 Å². The van der Waals surface area contributed by atoms with Gasteiger partial charge >= 0.3 is 6.09 Å². The minimum atomic E-state index is -0.906. The summed E-state index contributed by atoms with van der Waals surface area (Å²) in [6.07, 6.45) is 1.09. The zero-order chi connectivity index (χ0) is 21.7. The Morgan fingerprint density at radius 1 is 1.21 bits per heavy atom. The lowest BCUT2D eigenvalue weighted by Gasteiger charge is -2.28. The topological polar surface area (TPSA) is 95.0 Å². The van der Waals surface area contributed by atoms with Crippen LogP contribution in [-0.4, -0.2) is 47.9 Å². The van der Waals surface area contributed by atoms with Crippen molar-refractivity contribution >= 4 is 12.1 Å². The number of ether oxygens (including phenoxy) is 1. The molecule has 0 bridgehead atoms. The minimum absolute atomic E-state index is 0.358. The van der Waals surface area contributed by atoms with Crippen molar-refractivity contribution in [2.24, 2.45) is 4.99 Å². The smallest absolute Gasteiger partial charge is 0.408 e. The molecule has 4 N–H and O–H groups in total. The first-order chi connectivity index (χ1) is 13.4. The third-order valence-corrected chi connectivity index (χ3v) is 4.69. The zero-order valence-corrected chi connectivity index (χ0v) is 18.6. The molecule has 0 saturated heterocycles. The molecule has 7 nitrogen and oxygen atoms in total. The van der Waals surface area contributed by atoms with E-state index in [1.807, 2.05) is 59.7 Å². The minimum Gasteiger partial charge on any atom is -0.444 e. The molecular weight excluding hydrogens is 368 g/mol. The van der Waals surface area contributed by atoms with Crippen molar-refractivity contribution in [1.82, 2.24) is 16.0 Å². The maximum absolute atomic E-state index is 12.1. The van der Waals surface area contributed by atoms with Crippen molar-refractivity contribution in [3.8, 4) is 0 Å². The molecule has 1 aliphatic carbocycles. The number of fused-ring (bicyclic) bond motifs is 1. The third-order valence-electron chi connectivity index (χ3n) is 4.69. The summed E-state index contributed by atoms with van der Waals surface area (Å²) in [5, 5.41) is 20.4. The second-order valence-electron chi connectivity index (χ2n) is 9.25. The maximum atomic E-state index is 12.1. The largest absolute Gasteiger partial charge is 0.444 e. The third kappa shape index (κ3) is 6.92. The number of aryl methyl sites for hydroxylation is 1. The lowest BCUT2D eigenvalue weighted by atomic mass is 9.96. The number of aliphatic hydroxyl groups is 1. The number of aliphatic imine (C=N–C) groups is 1. The Labute approximate surface area is 174 Å². The van der Waals surface area contributed by atoms with Crippen LogP contribution < -0.4 is 16.0 Å². The molecule has 0 aromatic heterocycles. The van der Waals surface area contributed by atoms with Gasteiger partial charge in [-0.3, -0.25) is 4.99 Å². The van der Waals surface area contributed by atoms with Gasteiger partial charge in [0, 0.05) is 6.54 Å². The second kappa shape index (κ2) is 9.03. The van der Waals surface area contributed by atoms with E-state index in [9.17, 15) is 9.90 Å². The molecule has 0 spiro atoms. The van der Waals surface area contributed by atoms with Gasteiger partial charge in [0.15, 0.2) is 5.96 Å².